The van der Waals surface area contributed by atoms with Gasteiger partial charge in [0.15, 0.2) is 5.69 Å². The van der Waals surface area contributed by atoms with Crippen LogP contribution in [0.15, 0.2) is 18.2 Å². The lowest BCUT2D eigenvalue weighted by molar-refractivity contribution is 0.0694. The monoisotopic (exact) mass is 194 g/mol. The molecule has 0 aliphatic carbocycles. The molecule has 0 aliphatic heterocycles. The minimum Gasteiger partial charge on any atom is -0.476 e. The fourth-order valence-electron chi connectivity index (χ4n) is 1.11. The highest BCUT2D eigenvalue weighted by atomic mass is 32.1. The summed E-state index contributed by atoms with van der Waals surface area (Å²) in [4.78, 5) is 10.7. The molecule has 66 valence electrons. The molecule has 0 spiro atoms. The molecule has 0 amide bonds. The Morgan fingerprint density at radius 3 is 3.00 bits per heavy atom. The van der Waals surface area contributed by atoms with E-state index in [1.807, 2.05) is 0 Å². The van der Waals surface area contributed by atoms with Gasteiger partial charge in [-0.2, -0.15) is 4.37 Å². The summed E-state index contributed by atoms with van der Waals surface area (Å²) in [5.74, 6) is -1.00. The minimum absolute atomic E-state index is 0.0972. The highest BCUT2D eigenvalue weighted by Crippen LogP contribution is 2.24. The molecule has 4 nitrogen and oxygen atoms in total. The first-order chi connectivity index (χ1) is 6.18. The lowest BCUT2D eigenvalue weighted by Gasteiger charge is -1.92. The zero-order valence-corrected chi connectivity index (χ0v) is 7.34. The first-order valence-electron chi connectivity index (χ1n) is 3.56. The maximum absolute atomic E-state index is 10.7. The second-order valence-corrected chi connectivity index (χ2v) is 3.40. The maximum Gasteiger partial charge on any atom is 0.356 e. The number of nitrogen functional groups attached to an aromatic ring is 1. The predicted molar refractivity (Wildman–Crippen MR) is 51.0 cm³/mol. The average Bonchev–Trinajstić information content (AvgIpc) is 2.46. The van der Waals surface area contributed by atoms with Gasteiger partial charge >= 0.3 is 5.97 Å². The van der Waals surface area contributed by atoms with Gasteiger partial charge in [-0.3, -0.25) is 0 Å². The van der Waals surface area contributed by atoms with Crippen LogP contribution in [0.25, 0.3) is 10.1 Å². The number of carbonyl (C=O) groups is 1. The molecule has 0 atom stereocenters. The van der Waals surface area contributed by atoms with Gasteiger partial charge in [-0.05, 0) is 29.7 Å². The molecular formula is C8H6N2O2S. The SMILES string of the molecule is Nc1ccc2c(C(=O)O)nsc2c1. The van der Waals surface area contributed by atoms with Crippen molar-refractivity contribution in [1.29, 1.82) is 0 Å². The van der Waals surface area contributed by atoms with Crippen LogP contribution in [0.1, 0.15) is 10.5 Å². The normalized spacial score (nSPS) is 10.5. The molecule has 0 bridgehead atoms. The zero-order chi connectivity index (χ0) is 9.42. The Labute approximate surface area is 77.8 Å². The molecule has 5 heteroatoms. The molecule has 0 saturated heterocycles. The molecule has 1 aromatic carbocycles. The Morgan fingerprint density at radius 2 is 2.31 bits per heavy atom. The number of nitrogens with two attached hydrogens (primary N) is 1. The van der Waals surface area contributed by atoms with Gasteiger partial charge in [0.25, 0.3) is 0 Å². The summed E-state index contributed by atoms with van der Waals surface area (Å²) in [6.07, 6.45) is 0. The minimum atomic E-state index is -1.00. The average molecular weight is 194 g/mol. The molecule has 13 heavy (non-hydrogen) atoms. The van der Waals surface area contributed by atoms with Crippen LogP contribution >= 0.6 is 11.5 Å². The highest BCUT2D eigenvalue weighted by Gasteiger charge is 2.12. The summed E-state index contributed by atoms with van der Waals surface area (Å²) in [7, 11) is 0. The Bertz CT molecular complexity index is 478. The van der Waals surface area contributed by atoms with Gasteiger partial charge in [-0.15, -0.1) is 0 Å². The predicted octanol–water partition coefficient (Wildman–Crippen LogP) is 1.58. The summed E-state index contributed by atoms with van der Waals surface area (Å²) in [6, 6.07) is 5.07. The smallest absolute Gasteiger partial charge is 0.356 e. The molecule has 1 aromatic heterocycles. The Kier molecular flexibility index (Phi) is 1.66. The number of aromatic carboxylic acids is 1. The highest BCUT2D eigenvalue weighted by molar-refractivity contribution is 7.13. The number of nitrogens with zero attached hydrogens (tertiary/aromatic N) is 1. The number of fused-ring (bicyclic) bond motifs is 1. The first kappa shape index (κ1) is 8.00. The second-order valence-electron chi connectivity index (χ2n) is 2.59. The fourth-order valence-corrected chi connectivity index (χ4v) is 1.93. The van der Waals surface area contributed by atoms with E-state index in [2.05, 4.69) is 4.37 Å². The van der Waals surface area contributed by atoms with Crippen LogP contribution in [0.5, 0.6) is 0 Å². The van der Waals surface area contributed by atoms with E-state index in [0.717, 1.165) is 16.2 Å². The fraction of sp³-hybridized carbons (Fsp3) is 0. The topological polar surface area (TPSA) is 76.2 Å². The number of rotatable bonds is 1. The van der Waals surface area contributed by atoms with E-state index in [0.29, 0.717) is 11.1 Å². The summed E-state index contributed by atoms with van der Waals surface area (Å²) in [6.45, 7) is 0. The standard InChI is InChI=1S/C8H6N2O2S/c9-4-1-2-5-6(3-4)13-10-7(5)8(11)12/h1-3H,9H2,(H,11,12). The van der Waals surface area contributed by atoms with Gasteiger partial charge in [-0.25, -0.2) is 4.79 Å². The zero-order valence-electron chi connectivity index (χ0n) is 6.52. The second kappa shape index (κ2) is 2.70. The van der Waals surface area contributed by atoms with Gasteiger partial charge in [0.1, 0.15) is 0 Å². The van der Waals surface area contributed by atoms with E-state index in [4.69, 9.17) is 10.8 Å². The third-order valence-electron chi connectivity index (χ3n) is 1.70. The van der Waals surface area contributed by atoms with Crippen molar-refractivity contribution in [3.05, 3.63) is 23.9 Å². The van der Waals surface area contributed by atoms with Crippen molar-refractivity contribution in [3.8, 4) is 0 Å². The van der Waals surface area contributed by atoms with Crippen LogP contribution in [0.2, 0.25) is 0 Å². The van der Waals surface area contributed by atoms with Crippen molar-refractivity contribution in [2.24, 2.45) is 0 Å². The van der Waals surface area contributed by atoms with Gasteiger partial charge in [0, 0.05) is 11.1 Å². The van der Waals surface area contributed by atoms with Gasteiger partial charge < -0.3 is 10.8 Å². The van der Waals surface area contributed by atoms with E-state index in [-0.39, 0.29) is 5.69 Å². The molecule has 2 aromatic rings. The van der Waals surface area contributed by atoms with Crippen molar-refractivity contribution in [2.45, 2.75) is 0 Å². The van der Waals surface area contributed by atoms with Crippen molar-refractivity contribution in [1.82, 2.24) is 4.37 Å². The van der Waals surface area contributed by atoms with E-state index in [9.17, 15) is 4.79 Å². The van der Waals surface area contributed by atoms with Crippen LogP contribution < -0.4 is 5.73 Å². The molecular weight excluding hydrogens is 188 g/mol. The summed E-state index contributed by atoms with van der Waals surface area (Å²) in [5.41, 5.74) is 6.26. The first-order valence-corrected chi connectivity index (χ1v) is 4.34. The molecule has 0 fully saturated rings. The van der Waals surface area contributed by atoms with E-state index in [1.54, 1.807) is 18.2 Å². The number of carboxylic acids is 1. The Balaban J connectivity index is 2.76. The number of hydrogen-bond acceptors (Lipinski definition) is 4. The number of benzene rings is 1. The third-order valence-corrected chi connectivity index (χ3v) is 2.51. The molecule has 0 saturated carbocycles. The number of hydrogen-bond donors (Lipinski definition) is 2. The summed E-state index contributed by atoms with van der Waals surface area (Å²) >= 11 is 1.15. The maximum atomic E-state index is 10.7. The summed E-state index contributed by atoms with van der Waals surface area (Å²) in [5, 5.41) is 9.40. The quantitative estimate of drug-likeness (QED) is 0.675. The third kappa shape index (κ3) is 1.23. The van der Waals surface area contributed by atoms with Crippen molar-refractivity contribution < 1.29 is 9.90 Å². The molecule has 3 N–H and O–H groups in total. The number of aromatic nitrogens is 1. The lowest BCUT2D eigenvalue weighted by Crippen LogP contribution is -1.96. The van der Waals surface area contributed by atoms with Crippen LogP contribution in [-0.4, -0.2) is 15.4 Å². The van der Waals surface area contributed by atoms with Crippen LogP contribution in [-0.2, 0) is 0 Å². The number of carboxylic acid groups (broad SMARTS) is 1. The van der Waals surface area contributed by atoms with Crippen LogP contribution in [0.3, 0.4) is 0 Å². The van der Waals surface area contributed by atoms with Gasteiger partial charge in [0.2, 0.25) is 0 Å². The van der Waals surface area contributed by atoms with Crippen LogP contribution in [0, 0.1) is 0 Å². The summed E-state index contributed by atoms with van der Waals surface area (Å²) < 4.78 is 4.63. The Morgan fingerprint density at radius 1 is 1.54 bits per heavy atom. The van der Waals surface area contributed by atoms with E-state index in [1.165, 1.54) is 0 Å². The molecule has 2 rings (SSSR count). The molecule has 0 aliphatic rings. The van der Waals surface area contributed by atoms with E-state index < -0.39 is 5.97 Å². The van der Waals surface area contributed by atoms with Crippen molar-refractivity contribution in [3.63, 3.8) is 0 Å². The Hall–Kier alpha value is -1.62. The van der Waals surface area contributed by atoms with Gasteiger partial charge in [-0.1, -0.05) is 0 Å². The number of anilines is 1. The largest absolute Gasteiger partial charge is 0.476 e. The van der Waals surface area contributed by atoms with Crippen LogP contribution in [0.4, 0.5) is 5.69 Å². The van der Waals surface area contributed by atoms with Crippen molar-refractivity contribution >= 4 is 33.3 Å². The van der Waals surface area contributed by atoms with E-state index >= 15 is 0 Å². The molecule has 0 radical (unpaired) electrons. The lowest BCUT2D eigenvalue weighted by atomic mass is 10.2. The molecule has 1 heterocycles. The van der Waals surface area contributed by atoms with Crippen molar-refractivity contribution in [2.75, 3.05) is 5.73 Å². The molecule has 0 unspecified atom stereocenters. The van der Waals surface area contributed by atoms with Gasteiger partial charge in [0.05, 0.1) is 4.70 Å².